The fourth-order valence-electron chi connectivity index (χ4n) is 0.944. The Morgan fingerprint density at radius 1 is 1.46 bits per heavy atom. The number of carboxylic acids is 1. The molecule has 0 saturated heterocycles. The molecule has 1 aromatic rings. The average Bonchev–Trinajstić information content (AvgIpc) is 2.15. The number of aliphatic carboxylic acids is 1. The van der Waals surface area contributed by atoms with E-state index in [0.717, 1.165) is 17.8 Å². The van der Waals surface area contributed by atoms with Gasteiger partial charge in [-0.05, 0) is 12.0 Å². The highest BCUT2D eigenvalue weighted by Crippen LogP contribution is 2.00. The standard InChI is InChI=1S/C9H12N2O2/c1-2-8-10-5-7(6-11-8)3-4-9(12)13/h5-6H,2-4H2,1H3,(H,12,13). The molecule has 4 heteroatoms. The molecule has 0 aromatic carbocycles. The summed E-state index contributed by atoms with van der Waals surface area (Å²) in [5, 5.41) is 8.43. The van der Waals surface area contributed by atoms with E-state index in [-0.39, 0.29) is 6.42 Å². The zero-order valence-electron chi connectivity index (χ0n) is 7.53. The van der Waals surface area contributed by atoms with Crippen LogP contribution in [-0.2, 0) is 17.6 Å². The molecule has 1 N–H and O–H groups in total. The third-order valence-corrected chi connectivity index (χ3v) is 1.70. The number of aryl methyl sites for hydroxylation is 2. The van der Waals surface area contributed by atoms with E-state index in [2.05, 4.69) is 9.97 Å². The first-order valence-corrected chi connectivity index (χ1v) is 4.24. The van der Waals surface area contributed by atoms with Crippen LogP contribution in [0, 0.1) is 0 Å². The van der Waals surface area contributed by atoms with Crippen molar-refractivity contribution < 1.29 is 9.90 Å². The van der Waals surface area contributed by atoms with Crippen molar-refractivity contribution in [1.29, 1.82) is 0 Å². The zero-order valence-corrected chi connectivity index (χ0v) is 7.53. The van der Waals surface area contributed by atoms with Crippen molar-refractivity contribution in [3.63, 3.8) is 0 Å². The van der Waals surface area contributed by atoms with Gasteiger partial charge in [-0.3, -0.25) is 4.79 Å². The van der Waals surface area contributed by atoms with Crippen LogP contribution in [0.4, 0.5) is 0 Å². The second kappa shape index (κ2) is 4.54. The molecule has 1 rings (SSSR count). The van der Waals surface area contributed by atoms with E-state index in [0.29, 0.717) is 6.42 Å². The van der Waals surface area contributed by atoms with Crippen molar-refractivity contribution in [3.8, 4) is 0 Å². The molecule has 0 spiro atoms. The van der Waals surface area contributed by atoms with Gasteiger partial charge in [0.15, 0.2) is 0 Å². The van der Waals surface area contributed by atoms with Crippen molar-refractivity contribution in [1.82, 2.24) is 9.97 Å². The van der Waals surface area contributed by atoms with Crippen LogP contribution in [-0.4, -0.2) is 21.0 Å². The number of aromatic nitrogens is 2. The molecule has 0 atom stereocenters. The Morgan fingerprint density at radius 2 is 2.08 bits per heavy atom. The van der Waals surface area contributed by atoms with E-state index in [9.17, 15) is 4.79 Å². The number of carbonyl (C=O) groups is 1. The van der Waals surface area contributed by atoms with Gasteiger partial charge >= 0.3 is 5.97 Å². The maximum Gasteiger partial charge on any atom is 0.303 e. The number of hydrogen-bond acceptors (Lipinski definition) is 3. The van der Waals surface area contributed by atoms with Gasteiger partial charge in [-0.25, -0.2) is 9.97 Å². The lowest BCUT2D eigenvalue weighted by atomic mass is 10.2. The lowest BCUT2D eigenvalue weighted by molar-refractivity contribution is -0.136. The largest absolute Gasteiger partial charge is 0.481 e. The molecule has 0 bridgehead atoms. The minimum absolute atomic E-state index is 0.134. The van der Waals surface area contributed by atoms with Crippen molar-refractivity contribution in [2.24, 2.45) is 0 Å². The van der Waals surface area contributed by atoms with Gasteiger partial charge in [0, 0.05) is 25.2 Å². The van der Waals surface area contributed by atoms with Crippen molar-refractivity contribution in [3.05, 3.63) is 23.8 Å². The van der Waals surface area contributed by atoms with Crippen LogP contribution in [0.1, 0.15) is 24.7 Å². The molecule has 1 aromatic heterocycles. The normalized spacial score (nSPS) is 9.92. The summed E-state index contributed by atoms with van der Waals surface area (Å²) in [4.78, 5) is 18.4. The number of rotatable bonds is 4. The van der Waals surface area contributed by atoms with Crippen molar-refractivity contribution >= 4 is 5.97 Å². The number of carboxylic acid groups (broad SMARTS) is 1. The van der Waals surface area contributed by atoms with E-state index in [1.165, 1.54) is 0 Å². The monoisotopic (exact) mass is 180 g/mol. The van der Waals surface area contributed by atoms with Crippen molar-refractivity contribution in [2.45, 2.75) is 26.2 Å². The topological polar surface area (TPSA) is 63.1 Å². The van der Waals surface area contributed by atoms with E-state index in [1.807, 2.05) is 6.92 Å². The summed E-state index contributed by atoms with van der Waals surface area (Å²) >= 11 is 0. The summed E-state index contributed by atoms with van der Waals surface area (Å²) in [6, 6.07) is 0. The predicted molar refractivity (Wildman–Crippen MR) is 47.4 cm³/mol. The summed E-state index contributed by atoms with van der Waals surface area (Å²) in [5.41, 5.74) is 0.875. The Morgan fingerprint density at radius 3 is 2.54 bits per heavy atom. The van der Waals surface area contributed by atoms with Gasteiger partial charge < -0.3 is 5.11 Å². The van der Waals surface area contributed by atoms with Crippen LogP contribution >= 0.6 is 0 Å². The molecule has 0 amide bonds. The van der Waals surface area contributed by atoms with E-state index < -0.39 is 5.97 Å². The highest BCUT2D eigenvalue weighted by molar-refractivity contribution is 5.67. The highest BCUT2D eigenvalue weighted by atomic mass is 16.4. The van der Waals surface area contributed by atoms with Crippen LogP contribution in [0.2, 0.25) is 0 Å². The Hall–Kier alpha value is -1.45. The van der Waals surface area contributed by atoms with E-state index in [4.69, 9.17) is 5.11 Å². The summed E-state index contributed by atoms with van der Waals surface area (Å²) in [5.74, 6) is -0.00126. The summed E-state index contributed by atoms with van der Waals surface area (Å²) in [6.45, 7) is 1.98. The Balaban J connectivity index is 2.54. The fraction of sp³-hybridized carbons (Fsp3) is 0.444. The van der Waals surface area contributed by atoms with Gasteiger partial charge in [0.05, 0.1) is 0 Å². The lowest BCUT2D eigenvalue weighted by Crippen LogP contribution is -1.99. The van der Waals surface area contributed by atoms with Gasteiger partial charge in [0.2, 0.25) is 0 Å². The van der Waals surface area contributed by atoms with Crippen molar-refractivity contribution in [2.75, 3.05) is 0 Å². The Bertz CT molecular complexity index is 282. The minimum atomic E-state index is -0.792. The molecule has 0 unspecified atom stereocenters. The minimum Gasteiger partial charge on any atom is -0.481 e. The lowest BCUT2D eigenvalue weighted by Gasteiger charge is -1.98. The molecule has 0 radical (unpaired) electrons. The molecule has 4 nitrogen and oxygen atoms in total. The fourth-order valence-corrected chi connectivity index (χ4v) is 0.944. The predicted octanol–water partition coefficient (Wildman–Crippen LogP) is 1.06. The van der Waals surface area contributed by atoms with Gasteiger partial charge in [0.1, 0.15) is 5.82 Å². The summed E-state index contributed by atoms with van der Waals surface area (Å²) in [6.07, 6.45) is 4.82. The van der Waals surface area contributed by atoms with Crippen LogP contribution in [0.15, 0.2) is 12.4 Å². The first-order chi connectivity index (χ1) is 6.22. The molecular weight excluding hydrogens is 168 g/mol. The second-order valence-electron chi connectivity index (χ2n) is 2.75. The number of nitrogens with zero attached hydrogens (tertiary/aromatic N) is 2. The highest BCUT2D eigenvalue weighted by Gasteiger charge is 1.99. The first kappa shape index (κ1) is 9.64. The molecule has 0 saturated carbocycles. The van der Waals surface area contributed by atoms with E-state index in [1.54, 1.807) is 12.4 Å². The molecule has 0 aliphatic rings. The van der Waals surface area contributed by atoms with Crippen LogP contribution < -0.4 is 0 Å². The van der Waals surface area contributed by atoms with Crippen LogP contribution in [0.3, 0.4) is 0 Å². The Labute approximate surface area is 76.7 Å². The van der Waals surface area contributed by atoms with Gasteiger partial charge in [-0.2, -0.15) is 0 Å². The molecule has 70 valence electrons. The SMILES string of the molecule is CCc1ncc(CCC(=O)O)cn1. The van der Waals surface area contributed by atoms with E-state index >= 15 is 0 Å². The van der Waals surface area contributed by atoms with Crippen LogP contribution in [0.5, 0.6) is 0 Å². The average molecular weight is 180 g/mol. The van der Waals surface area contributed by atoms with Crippen LogP contribution in [0.25, 0.3) is 0 Å². The van der Waals surface area contributed by atoms with Gasteiger partial charge in [-0.1, -0.05) is 6.92 Å². The summed E-state index contributed by atoms with van der Waals surface area (Å²) < 4.78 is 0. The molecular formula is C9H12N2O2. The molecule has 1 heterocycles. The zero-order chi connectivity index (χ0) is 9.68. The molecule has 0 aliphatic heterocycles. The first-order valence-electron chi connectivity index (χ1n) is 4.24. The quantitative estimate of drug-likeness (QED) is 0.752. The maximum absolute atomic E-state index is 10.3. The van der Waals surface area contributed by atoms with Gasteiger partial charge in [-0.15, -0.1) is 0 Å². The summed E-state index contributed by atoms with van der Waals surface area (Å²) in [7, 11) is 0. The molecule has 13 heavy (non-hydrogen) atoms. The maximum atomic E-state index is 10.3. The third-order valence-electron chi connectivity index (χ3n) is 1.70. The second-order valence-corrected chi connectivity index (χ2v) is 2.75. The Kier molecular flexibility index (Phi) is 3.37. The number of hydrogen-bond donors (Lipinski definition) is 1. The van der Waals surface area contributed by atoms with Gasteiger partial charge in [0.25, 0.3) is 0 Å². The third kappa shape index (κ3) is 3.19. The molecule has 0 fully saturated rings. The smallest absolute Gasteiger partial charge is 0.303 e. The molecule has 0 aliphatic carbocycles.